The Balaban J connectivity index is 0.000000321. The van der Waals surface area contributed by atoms with E-state index >= 15 is 0 Å². The zero-order chi connectivity index (χ0) is 46.6. The molecule has 2 heterocycles. The van der Waals surface area contributed by atoms with Gasteiger partial charge < -0.3 is 29.1 Å². The molecular formula is C40H47ClF3N4O13P. The molecule has 4 aromatic rings. The molecule has 1 amide bonds. The third-order valence-corrected chi connectivity index (χ3v) is 9.73. The predicted octanol–water partition coefficient (Wildman–Crippen LogP) is 5.07. The fourth-order valence-corrected chi connectivity index (χ4v) is 5.94. The summed E-state index contributed by atoms with van der Waals surface area (Å²) in [5.41, 5.74) is -1.33. The molecule has 3 aromatic carbocycles. The van der Waals surface area contributed by atoms with Gasteiger partial charge in [0.25, 0.3) is 11.5 Å². The van der Waals surface area contributed by atoms with Crippen LogP contribution in [0.4, 0.5) is 13.2 Å². The number of nitrogens with zero attached hydrogens (tertiary/aromatic N) is 3. The molecule has 0 aliphatic carbocycles. The number of aryl methyl sites for hydroxylation is 1. The van der Waals surface area contributed by atoms with Crippen molar-refractivity contribution >= 4 is 37.0 Å². The summed E-state index contributed by atoms with van der Waals surface area (Å²) < 4.78 is 66.5. The molecule has 0 spiro atoms. The molecule has 0 bridgehead atoms. The van der Waals surface area contributed by atoms with Crippen molar-refractivity contribution in [2.45, 2.75) is 59.5 Å². The van der Waals surface area contributed by atoms with Crippen LogP contribution >= 0.6 is 19.2 Å². The van der Waals surface area contributed by atoms with Gasteiger partial charge in [0.2, 0.25) is 0 Å². The molecule has 1 unspecified atom stereocenters. The lowest BCUT2D eigenvalue weighted by atomic mass is 9.95. The van der Waals surface area contributed by atoms with Crippen molar-refractivity contribution in [2.24, 2.45) is 12.5 Å². The molecule has 5 rings (SSSR count). The van der Waals surface area contributed by atoms with E-state index < -0.39 is 67.0 Å². The largest absolute Gasteiger partial charge is 0.489 e. The Morgan fingerprint density at radius 1 is 1.02 bits per heavy atom. The standard InChI is InChI=1S/C25H25F3N2O6.C12H14ClNO2.C3H8NO5P/c1-5-16-6-7-17(20(12-16)36-15(2)23(32)34-4)14-35-19-10-8-18(9-11-19)30-22(31)13-21(25(26,27)28)29(3)24(30)33;1-12(2)8-16-14(11(12)15)7-9-5-3-4-6-10(9)13;5-3(6)1-4-2-10(7,8)9/h6-13,15H,5,14H2,1-4H3;3-6H,7-8H2,1-2H3;4H,1-2H2,(H,5,6)(H2,7,8,9). The fourth-order valence-electron chi connectivity index (χ4n) is 5.34. The fraction of sp³-hybridized carbons (Fsp3) is 0.375. The Morgan fingerprint density at radius 2 is 1.66 bits per heavy atom. The molecule has 338 valence electrons. The minimum Gasteiger partial charge on any atom is -0.489 e. The number of carboxylic acid groups (broad SMARTS) is 1. The number of methoxy groups -OCH3 is 1. The molecular weight excluding hydrogens is 868 g/mol. The number of halogens is 4. The van der Waals surface area contributed by atoms with Gasteiger partial charge in [-0.1, -0.05) is 48.9 Å². The normalized spacial score (nSPS) is 13.9. The Bertz CT molecular complexity index is 2370. The van der Waals surface area contributed by atoms with E-state index in [9.17, 15) is 41.7 Å². The first-order valence-corrected chi connectivity index (χ1v) is 20.7. The maximum Gasteiger partial charge on any atom is 0.431 e. The van der Waals surface area contributed by atoms with Crippen molar-refractivity contribution in [1.82, 2.24) is 19.5 Å². The van der Waals surface area contributed by atoms with Crippen LogP contribution in [0, 0.1) is 5.41 Å². The van der Waals surface area contributed by atoms with E-state index in [0.29, 0.717) is 50.4 Å². The second-order valence-corrected chi connectivity index (χ2v) is 16.2. The van der Waals surface area contributed by atoms with Crippen molar-refractivity contribution < 1.29 is 66.1 Å². The molecule has 62 heavy (non-hydrogen) atoms. The minimum absolute atomic E-state index is 0.00687. The Labute approximate surface area is 358 Å². The molecule has 1 aliphatic rings. The zero-order valence-corrected chi connectivity index (χ0v) is 36.1. The van der Waals surface area contributed by atoms with Crippen LogP contribution in [0.1, 0.15) is 50.1 Å². The number of carboxylic acids is 1. The first-order valence-electron chi connectivity index (χ1n) is 18.5. The van der Waals surface area contributed by atoms with E-state index in [1.165, 1.54) is 36.4 Å². The summed E-state index contributed by atoms with van der Waals surface area (Å²) in [7, 11) is -1.88. The number of hydroxylamine groups is 2. The van der Waals surface area contributed by atoms with Crippen LogP contribution in [0.15, 0.2) is 82.4 Å². The lowest BCUT2D eigenvalue weighted by Crippen LogP contribution is -2.40. The zero-order valence-electron chi connectivity index (χ0n) is 34.5. The smallest absolute Gasteiger partial charge is 0.431 e. The average Bonchev–Trinajstić information content (AvgIpc) is 3.45. The van der Waals surface area contributed by atoms with Gasteiger partial charge in [-0.25, -0.2) is 19.2 Å². The number of hydrogen-bond donors (Lipinski definition) is 4. The lowest BCUT2D eigenvalue weighted by Gasteiger charge is -2.17. The summed E-state index contributed by atoms with van der Waals surface area (Å²) in [4.78, 5) is 79.9. The Hall–Kier alpha value is -5.50. The van der Waals surface area contributed by atoms with Crippen molar-refractivity contribution in [2.75, 3.05) is 26.5 Å². The number of nitrogens with one attached hydrogen (secondary N) is 1. The van der Waals surface area contributed by atoms with Crippen LogP contribution in [-0.2, 0) is 61.3 Å². The Morgan fingerprint density at radius 3 is 2.19 bits per heavy atom. The molecule has 1 aromatic heterocycles. The van der Waals surface area contributed by atoms with Crippen molar-refractivity contribution in [3.8, 4) is 17.2 Å². The van der Waals surface area contributed by atoms with Crippen LogP contribution in [0.25, 0.3) is 5.69 Å². The number of ether oxygens (including phenoxy) is 3. The van der Waals surface area contributed by atoms with E-state index in [4.69, 9.17) is 45.5 Å². The number of rotatable bonds is 14. The molecule has 0 saturated carbocycles. The molecule has 1 saturated heterocycles. The summed E-state index contributed by atoms with van der Waals surface area (Å²) in [5.74, 6) is -0.823. The molecule has 1 atom stereocenters. The first kappa shape index (κ1) is 50.9. The van der Waals surface area contributed by atoms with Gasteiger partial charge in [0.05, 0.1) is 44.2 Å². The van der Waals surface area contributed by atoms with Crippen LogP contribution in [-0.4, -0.2) is 79.6 Å². The maximum atomic E-state index is 13.1. The number of esters is 1. The van der Waals surface area contributed by atoms with Gasteiger partial charge in [0.1, 0.15) is 23.8 Å². The first-order chi connectivity index (χ1) is 28.9. The Kier molecular flexibility index (Phi) is 18.1. The monoisotopic (exact) mass is 914 g/mol. The summed E-state index contributed by atoms with van der Waals surface area (Å²) in [6.45, 7) is 7.78. The number of aliphatic carboxylic acids is 1. The van der Waals surface area contributed by atoms with Crippen molar-refractivity contribution in [3.63, 3.8) is 0 Å². The van der Waals surface area contributed by atoms with Gasteiger partial charge in [0.15, 0.2) is 6.10 Å². The second kappa shape index (κ2) is 22.0. The topological polar surface area (TPSA) is 225 Å². The molecule has 17 nitrogen and oxygen atoms in total. The summed E-state index contributed by atoms with van der Waals surface area (Å²) >= 11 is 6.03. The number of aromatic nitrogens is 2. The molecule has 1 aliphatic heterocycles. The van der Waals surface area contributed by atoms with E-state index in [-0.39, 0.29) is 18.2 Å². The number of benzene rings is 3. The van der Waals surface area contributed by atoms with E-state index in [1.54, 1.807) is 6.92 Å². The van der Waals surface area contributed by atoms with Crippen LogP contribution in [0.2, 0.25) is 5.02 Å². The van der Waals surface area contributed by atoms with Gasteiger partial charge in [0, 0.05) is 23.7 Å². The maximum absolute atomic E-state index is 13.1. The third-order valence-electron chi connectivity index (χ3n) is 8.73. The number of alkyl halides is 3. The molecule has 22 heteroatoms. The number of amides is 1. The van der Waals surface area contributed by atoms with Gasteiger partial charge >= 0.3 is 31.4 Å². The predicted molar refractivity (Wildman–Crippen MR) is 219 cm³/mol. The number of hydrogen-bond acceptors (Lipinski definition) is 11. The SMILES string of the molecule is CC1(C)CON(Cc2ccccc2Cl)C1=O.CCc1ccc(COc2ccc(-n3c(=O)cc(C(F)(F)F)n(C)c3=O)cc2)c(OC(C)C(=O)OC)c1.O=C(O)CNCP(=O)(O)O. The van der Waals surface area contributed by atoms with E-state index in [1.807, 2.05) is 63.2 Å². The highest BCUT2D eigenvalue weighted by atomic mass is 35.5. The number of carbonyl (C=O) groups is 3. The van der Waals surface area contributed by atoms with Crippen molar-refractivity contribution in [1.29, 1.82) is 0 Å². The van der Waals surface area contributed by atoms with Crippen LogP contribution in [0.5, 0.6) is 11.5 Å². The van der Waals surface area contributed by atoms with Gasteiger partial charge in [-0.2, -0.15) is 13.2 Å². The van der Waals surface area contributed by atoms with Gasteiger partial charge in [-0.15, -0.1) is 0 Å². The van der Waals surface area contributed by atoms with Crippen LogP contribution in [0.3, 0.4) is 0 Å². The molecule has 1 fully saturated rings. The van der Waals surface area contributed by atoms with Crippen molar-refractivity contribution in [3.05, 3.63) is 121 Å². The molecule has 0 radical (unpaired) electrons. The third kappa shape index (κ3) is 14.8. The number of carbonyl (C=O) groups excluding carboxylic acids is 2. The van der Waals surface area contributed by atoms with Gasteiger partial charge in [-0.3, -0.25) is 33.7 Å². The lowest BCUT2D eigenvalue weighted by molar-refractivity contribution is -0.165. The minimum atomic E-state index is -4.84. The summed E-state index contributed by atoms with van der Waals surface area (Å²) in [6, 6.07) is 19.1. The highest BCUT2D eigenvalue weighted by Gasteiger charge is 2.40. The van der Waals surface area contributed by atoms with E-state index in [0.717, 1.165) is 24.6 Å². The second-order valence-electron chi connectivity index (χ2n) is 14.1. The van der Waals surface area contributed by atoms with Crippen LogP contribution < -0.4 is 26.0 Å². The summed E-state index contributed by atoms with van der Waals surface area (Å²) in [6.07, 6.45) is -5.51. The summed E-state index contributed by atoms with van der Waals surface area (Å²) in [5, 5.41) is 12.1. The average molecular weight is 915 g/mol. The quantitative estimate of drug-likeness (QED) is 0.0958. The van der Waals surface area contributed by atoms with Gasteiger partial charge in [-0.05, 0) is 74.7 Å². The highest BCUT2D eigenvalue weighted by molar-refractivity contribution is 7.51. The highest BCUT2D eigenvalue weighted by Crippen LogP contribution is 2.32. The molecule has 4 N–H and O–H groups in total. The van der Waals surface area contributed by atoms with E-state index in [2.05, 4.69) is 5.32 Å².